The van der Waals surface area contributed by atoms with Gasteiger partial charge < -0.3 is 15.5 Å². The summed E-state index contributed by atoms with van der Waals surface area (Å²) in [6.45, 7) is 3.07. The van der Waals surface area contributed by atoms with Gasteiger partial charge in [0.15, 0.2) is 0 Å². The van der Waals surface area contributed by atoms with Crippen LogP contribution in [-0.4, -0.2) is 49.7 Å². The second-order valence-electron chi connectivity index (χ2n) is 6.96. The molecule has 2 unspecified atom stereocenters. The van der Waals surface area contributed by atoms with Crippen molar-refractivity contribution in [2.24, 2.45) is 5.92 Å². The first-order chi connectivity index (χ1) is 11.6. The molecule has 5 heteroatoms. The predicted molar refractivity (Wildman–Crippen MR) is 103 cm³/mol. The van der Waals surface area contributed by atoms with Crippen LogP contribution in [-0.2, 0) is 0 Å². The molecule has 1 aromatic carbocycles. The Morgan fingerprint density at radius 3 is 2.92 bits per heavy atom. The van der Waals surface area contributed by atoms with Crippen molar-refractivity contribution in [2.75, 3.05) is 39.0 Å². The number of hydrogen-bond acceptors (Lipinski definition) is 4. The Bertz CT molecular complexity index is 673. The number of aromatic nitrogens is 1. The van der Waals surface area contributed by atoms with E-state index in [0.717, 1.165) is 40.6 Å². The molecule has 1 heterocycles. The van der Waals surface area contributed by atoms with Crippen LogP contribution < -0.4 is 10.6 Å². The van der Waals surface area contributed by atoms with Gasteiger partial charge in [-0.25, -0.2) is 0 Å². The standard InChI is InChI=1S/C19H27ClN4/c1-24(2)13-14-4-3-5-17(14)22-10-11-23-18-8-9-21-19-12-15(20)6-7-16(18)19/h6-9,12,14,17,22H,3-5,10-11,13H2,1-2H3,(H,21,23). The first-order valence-corrected chi connectivity index (χ1v) is 9.17. The maximum atomic E-state index is 6.05. The van der Waals surface area contributed by atoms with Gasteiger partial charge in [0.2, 0.25) is 0 Å². The van der Waals surface area contributed by atoms with Gasteiger partial charge in [0, 0.05) is 48.0 Å². The number of halogens is 1. The van der Waals surface area contributed by atoms with Crippen LogP contribution in [0.15, 0.2) is 30.5 Å². The van der Waals surface area contributed by atoms with Crippen LogP contribution in [0.25, 0.3) is 10.9 Å². The lowest BCUT2D eigenvalue weighted by atomic mass is 10.0. The van der Waals surface area contributed by atoms with Gasteiger partial charge in [0.05, 0.1) is 5.52 Å². The smallest absolute Gasteiger partial charge is 0.0737 e. The molecule has 0 radical (unpaired) electrons. The molecule has 1 fully saturated rings. The summed E-state index contributed by atoms with van der Waals surface area (Å²) in [6, 6.07) is 8.54. The molecule has 0 amide bonds. The highest BCUT2D eigenvalue weighted by Crippen LogP contribution is 2.26. The zero-order valence-corrected chi connectivity index (χ0v) is 15.3. The largest absolute Gasteiger partial charge is 0.383 e. The van der Waals surface area contributed by atoms with Gasteiger partial charge in [0.25, 0.3) is 0 Å². The van der Waals surface area contributed by atoms with Crippen molar-refractivity contribution in [1.29, 1.82) is 0 Å². The normalized spacial score (nSPS) is 20.8. The zero-order chi connectivity index (χ0) is 16.9. The predicted octanol–water partition coefficient (Wildman–Crippen LogP) is 3.62. The molecule has 24 heavy (non-hydrogen) atoms. The van der Waals surface area contributed by atoms with E-state index in [1.54, 1.807) is 0 Å². The molecule has 1 aliphatic rings. The third-order valence-corrected chi connectivity index (χ3v) is 5.05. The molecule has 0 aliphatic heterocycles. The van der Waals surface area contributed by atoms with Crippen molar-refractivity contribution in [2.45, 2.75) is 25.3 Å². The third-order valence-electron chi connectivity index (χ3n) is 4.81. The second kappa shape index (κ2) is 8.15. The molecule has 130 valence electrons. The van der Waals surface area contributed by atoms with Crippen LogP contribution in [0.1, 0.15) is 19.3 Å². The average Bonchev–Trinajstić information content (AvgIpc) is 2.97. The highest BCUT2D eigenvalue weighted by Gasteiger charge is 2.26. The van der Waals surface area contributed by atoms with Crippen molar-refractivity contribution >= 4 is 28.2 Å². The number of rotatable bonds is 7. The summed E-state index contributed by atoms with van der Waals surface area (Å²) in [5.41, 5.74) is 2.05. The number of nitrogens with zero attached hydrogens (tertiary/aromatic N) is 2. The number of pyridine rings is 1. The quantitative estimate of drug-likeness (QED) is 0.751. The van der Waals surface area contributed by atoms with Crippen molar-refractivity contribution in [3.05, 3.63) is 35.5 Å². The van der Waals surface area contributed by atoms with Crippen LogP contribution in [0, 0.1) is 5.92 Å². The Labute approximate surface area is 149 Å². The summed E-state index contributed by atoms with van der Waals surface area (Å²) in [4.78, 5) is 6.69. The van der Waals surface area contributed by atoms with Crippen molar-refractivity contribution in [3.8, 4) is 0 Å². The van der Waals surface area contributed by atoms with Gasteiger partial charge in [-0.15, -0.1) is 0 Å². The van der Waals surface area contributed by atoms with Gasteiger partial charge in [-0.3, -0.25) is 4.98 Å². The number of nitrogens with one attached hydrogen (secondary N) is 2. The highest BCUT2D eigenvalue weighted by atomic mass is 35.5. The Kier molecular flexibility index (Phi) is 5.93. The van der Waals surface area contributed by atoms with Crippen LogP contribution in [0.4, 0.5) is 5.69 Å². The SMILES string of the molecule is CN(C)CC1CCCC1NCCNc1ccnc2cc(Cl)ccc12. The fraction of sp³-hybridized carbons (Fsp3) is 0.526. The van der Waals surface area contributed by atoms with E-state index >= 15 is 0 Å². The second-order valence-corrected chi connectivity index (χ2v) is 7.40. The first kappa shape index (κ1) is 17.5. The zero-order valence-electron chi connectivity index (χ0n) is 14.6. The summed E-state index contributed by atoms with van der Waals surface area (Å²) >= 11 is 6.05. The minimum Gasteiger partial charge on any atom is -0.383 e. The summed E-state index contributed by atoms with van der Waals surface area (Å²) in [5, 5.41) is 9.11. The summed E-state index contributed by atoms with van der Waals surface area (Å²) < 4.78 is 0. The lowest BCUT2D eigenvalue weighted by Crippen LogP contribution is -2.39. The number of fused-ring (bicyclic) bond motifs is 1. The van der Waals surface area contributed by atoms with Gasteiger partial charge in [-0.1, -0.05) is 18.0 Å². The highest BCUT2D eigenvalue weighted by molar-refractivity contribution is 6.31. The summed E-state index contributed by atoms with van der Waals surface area (Å²) in [5.74, 6) is 0.781. The Morgan fingerprint density at radius 2 is 2.08 bits per heavy atom. The van der Waals surface area contributed by atoms with Crippen LogP contribution in [0.3, 0.4) is 0 Å². The molecule has 0 spiro atoms. The van der Waals surface area contributed by atoms with E-state index < -0.39 is 0 Å². The fourth-order valence-electron chi connectivity index (χ4n) is 3.72. The molecule has 4 nitrogen and oxygen atoms in total. The molecular weight excluding hydrogens is 320 g/mol. The molecule has 2 N–H and O–H groups in total. The lowest BCUT2D eigenvalue weighted by molar-refractivity contribution is 0.289. The van der Waals surface area contributed by atoms with Gasteiger partial charge >= 0.3 is 0 Å². The molecule has 2 atom stereocenters. The molecule has 0 saturated heterocycles. The maximum absolute atomic E-state index is 6.05. The van der Waals surface area contributed by atoms with Crippen LogP contribution in [0.2, 0.25) is 5.02 Å². The molecular formula is C19H27ClN4. The van der Waals surface area contributed by atoms with Crippen molar-refractivity contribution in [1.82, 2.24) is 15.2 Å². The van der Waals surface area contributed by atoms with E-state index in [1.807, 2.05) is 30.5 Å². The fourth-order valence-corrected chi connectivity index (χ4v) is 3.89. The van der Waals surface area contributed by atoms with Crippen LogP contribution in [0.5, 0.6) is 0 Å². The Hall–Kier alpha value is -1.36. The summed E-state index contributed by atoms with van der Waals surface area (Å²) in [6.07, 6.45) is 5.83. The molecule has 1 aliphatic carbocycles. The molecule has 3 rings (SSSR count). The average molecular weight is 347 g/mol. The minimum absolute atomic E-state index is 0.655. The Morgan fingerprint density at radius 1 is 1.21 bits per heavy atom. The van der Waals surface area contributed by atoms with E-state index in [1.165, 1.54) is 25.8 Å². The number of anilines is 1. The monoisotopic (exact) mass is 346 g/mol. The summed E-state index contributed by atoms with van der Waals surface area (Å²) in [7, 11) is 4.33. The van der Waals surface area contributed by atoms with Crippen molar-refractivity contribution < 1.29 is 0 Å². The van der Waals surface area contributed by atoms with E-state index in [0.29, 0.717) is 6.04 Å². The third kappa shape index (κ3) is 4.38. The van der Waals surface area contributed by atoms with Crippen LogP contribution >= 0.6 is 11.6 Å². The van der Waals surface area contributed by atoms with E-state index in [9.17, 15) is 0 Å². The van der Waals surface area contributed by atoms with E-state index in [2.05, 4.69) is 34.6 Å². The van der Waals surface area contributed by atoms with E-state index in [4.69, 9.17) is 11.6 Å². The number of benzene rings is 1. The molecule has 1 saturated carbocycles. The maximum Gasteiger partial charge on any atom is 0.0737 e. The number of hydrogen-bond donors (Lipinski definition) is 2. The molecule has 1 aromatic heterocycles. The van der Waals surface area contributed by atoms with Gasteiger partial charge in [-0.05, 0) is 57.1 Å². The van der Waals surface area contributed by atoms with Crippen molar-refractivity contribution in [3.63, 3.8) is 0 Å². The van der Waals surface area contributed by atoms with Gasteiger partial charge in [-0.2, -0.15) is 0 Å². The molecule has 2 aromatic rings. The van der Waals surface area contributed by atoms with E-state index in [-0.39, 0.29) is 0 Å². The molecule has 0 bridgehead atoms. The topological polar surface area (TPSA) is 40.2 Å². The first-order valence-electron chi connectivity index (χ1n) is 8.80. The lowest BCUT2D eigenvalue weighted by Gasteiger charge is -2.24. The van der Waals surface area contributed by atoms with Gasteiger partial charge in [0.1, 0.15) is 0 Å². The minimum atomic E-state index is 0.655. The Balaban J connectivity index is 1.52.